The number of aryl methyl sites for hydroxylation is 1. The Hall–Kier alpha value is -2.22. The van der Waals surface area contributed by atoms with E-state index in [4.69, 9.17) is 9.47 Å². The second-order valence-corrected chi connectivity index (χ2v) is 6.01. The molecule has 1 fully saturated rings. The van der Waals surface area contributed by atoms with Gasteiger partial charge in [0.25, 0.3) is 5.91 Å². The summed E-state index contributed by atoms with van der Waals surface area (Å²) in [5.41, 5.74) is 0.855. The van der Waals surface area contributed by atoms with Crippen LogP contribution in [-0.4, -0.2) is 41.7 Å². The van der Waals surface area contributed by atoms with Crippen molar-refractivity contribution in [3.8, 4) is 11.8 Å². The zero-order chi connectivity index (χ0) is 17.7. The summed E-state index contributed by atoms with van der Waals surface area (Å²) < 4.78 is 11.2. The molecule has 0 atom stereocenters. The van der Waals surface area contributed by atoms with Crippen molar-refractivity contribution in [3.63, 3.8) is 0 Å². The number of methoxy groups -OCH3 is 1. The molecule has 0 spiro atoms. The molecule has 2 aromatic rings. The molecule has 1 aromatic heterocycles. The maximum absolute atomic E-state index is 12.7. The first-order valence-electron chi connectivity index (χ1n) is 8.26. The first-order valence-corrected chi connectivity index (χ1v) is 8.26. The number of nitrogens with one attached hydrogen (secondary N) is 2. The van der Waals surface area contributed by atoms with E-state index in [0.717, 1.165) is 24.3 Å². The molecule has 0 radical (unpaired) electrons. The van der Waals surface area contributed by atoms with Crippen LogP contribution in [0.15, 0.2) is 36.7 Å². The minimum absolute atomic E-state index is 0. The van der Waals surface area contributed by atoms with Crippen molar-refractivity contribution in [1.29, 1.82) is 0 Å². The molecule has 1 aliphatic heterocycles. The number of anilines is 1. The van der Waals surface area contributed by atoms with Crippen LogP contribution >= 0.6 is 12.4 Å². The normalized spacial score (nSPS) is 15.6. The SMILES string of the molecule is COC1(C(=O)Nc2ccc(Oc3ncccn3)cc2C)CCNCC1.Cl. The predicted octanol–water partition coefficient (Wildman–Crippen LogP) is 2.71. The summed E-state index contributed by atoms with van der Waals surface area (Å²) in [5, 5.41) is 6.23. The highest BCUT2D eigenvalue weighted by Gasteiger charge is 2.39. The highest BCUT2D eigenvalue weighted by molar-refractivity contribution is 5.98. The van der Waals surface area contributed by atoms with Crippen LogP contribution in [0.5, 0.6) is 11.8 Å². The Morgan fingerprint density at radius 1 is 1.23 bits per heavy atom. The lowest BCUT2D eigenvalue weighted by molar-refractivity contribution is -0.140. The first kappa shape index (κ1) is 20.1. The number of hydrogen-bond acceptors (Lipinski definition) is 6. The lowest BCUT2D eigenvalue weighted by atomic mass is 9.91. The molecule has 8 heteroatoms. The van der Waals surface area contributed by atoms with E-state index in [2.05, 4.69) is 20.6 Å². The molecule has 0 unspecified atom stereocenters. The van der Waals surface area contributed by atoms with Crippen molar-refractivity contribution in [2.75, 3.05) is 25.5 Å². The van der Waals surface area contributed by atoms with Gasteiger partial charge in [-0.1, -0.05) is 0 Å². The second kappa shape index (κ2) is 8.93. The number of benzene rings is 1. The van der Waals surface area contributed by atoms with Gasteiger partial charge >= 0.3 is 6.01 Å². The predicted molar refractivity (Wildman–Crippen MR) is 101 cm³/mol. The molecule has 1 amide bonds. The second-order valence-electron chi connectivity index (χ2n) is 6.01. The van der Waals surface area contributed by atoms with Gasteiger partial charge in [-0.05, 0) is 62.7 Å². The van der Waals surface area contributed by atoms with E-state index < -0.39 is 5.60 Å². The van der Waals surface area contributed by atoms with E-state index in [9.17, 15) is 4.79 Å². The molecule has 140 valence electrons. The van der Waals surface area contributed by atoms with Crippen LogP contribution in [0.2, 0.25) is 0 Å². The van der Waals surface area contributed by atoms with Crippen molar-refractivity contribution < 1.29 is 14.3 Å². The summed E-state index contributed by atoms with van der Waals surface area (Å²) >= 11 is 0. The fourth-order valence-corrected chi connectivity index (χ4v) is 2.87. The number of halogens is 1. The van der Waals surface area contributed by atoms with Gasteiger partial charge in [0.1, 0.15) is 11.4 Å². The fourth-order valence-electron chi connectivity index (χ4n) is 2.87. The Bertz CT molecular complexity index is 736. The number of nitrogens with zero attached hydrogens (tertiary/aromatic N) is 2. The van der Waals surface area contributed by atoms with Gasteiger partial charge in [0.15, 0.2) is 0 Å². The Morgan fingerprint density at radius 2 is 1.92 bits per heavy atom. The van der Waals surface area contributed by atoms with Gasteiger partial charge in [-0.3, -0.25) is 4.79 Å². The van der Waals surface area contributed by atoms with Crippen LogP contribution in [0.4, 0.5) is 5.69 Å². The zero-order valence-electron chi connectivity index (χ0n) is 14.8. The van der Waals surface area contributed by atoms with Crippen molar-refractivity contribution in [2.45, 2.75) is 25.4 Å². The number of ether oxygens (including phenoxy) is 2. The van der Waals surface area contributed by atoms with Gasteiger partial charge in [0.2, 0.25) is 0 Å². The molecule has 7 nitrogen and oxygen atoms in total. The van der Waals surface area contributed by atoms with Crippen LogP contribution in [0.1, 0.15) is 18.4 Å². The average molecular weight is 379 g/mol. The van der Waals surface area contributed by atoms with Crippen LogP contribution < -0.4 is 15.4 Å². The first-order chi connectivity index (χ1) is 12.1. The highest BCUT2D eigenvalue weighted by atomic mass is 35.5. The van der Waals surface area contributed by atoms with Gasteiger partial charge in [0, 0.05) is 25.2 Å². The topological polar surface area (TPSA) is 85.4 Å². The molecule has 3 rings (SSSR count). The maximum Gasteiger partial charge on any atom is 0.321 e. The number of rotatable bonds is 5. The molecule has 2 heterocycles. The van der Waals surface area contributed by atoms with Gasteiger partial charge in [-0.25, -0.2) is 9.97 Å². The lowest BCUT2D eigenvalue weighted by Gasteiger charge is -2.34. The number of hydrogen-bond donors (Lipinski definition) is 2. The smallest absolute Gasteiger partial charge is 0.321 e. The summed E-state index contributed by atoms with van der Waals surface area (Å²) in [5.74, 6) is 0.504. The standard InChI is InChI=1S/C18H22N4O3.ClH/c1-13-12-14(25-17-20-8-3-9-21-17)4-5-15(13)22-16(23)18(24-2)6-10-19-11-7-18;/h3-5,8-9,12,19H,6-7,10-11H2,1-2H3,(H,22,23);1H. The van der Waals surface area contributed by atoms with Gasteiger partial charge < -0.3 is 20.1 Å². The quantitative estimate of drug-likeness (QED) is 0.832. The van der Waals surface area contributed by atoms with Crippen LogP contribution in [0.3, 0.4) is 0 Å². The van der Waals surface area contributed by atoms with Crippen molar-refractivity contribution in [1.82, 2.24) is 15.3 Å². The van der Waals surface area contributed by atoms with E-state index in [1.54, 1.807) is 31.6 Å². The molecule has 1 aromatic carbocycles. The van der Waals surface area contributed by atoms with Crippen LogP contribution in [0.25, 0.3) is 0 Å². The molecule has 1 saturated heterocycles. The summed E-state index contributed by atoms with van der Waals surface area (Å²) in [7, 11) is 1.59. The molecule has 0 aliphatic carbocycles. The Kier molecular flexibility index (Phi) is 6.90. The minimum Gasteiger partial charge on any atom is -0.424 e. The fraction of sp³-hybridized carbons (Fsp3) is 0.389. The summed E-state index contributed by atoms with van der Waals surface area (Å²) in [4.78, 5) is 20.8. The third kappa shape index (κ3) is 4.49. The van der Waals surface area contributed by atoms with Crippen molar-refractivity contribution in [3.05, 3.63) is 42.2 Å². The summed E-state index contributed by atoms with van der Waals surface area (Å²) in [6.45, 7) is 3.45. The Morgan fingerprint density at radius 3 is 2.54 bits per heavy atom. The van der Waals surface area contributed by atoms with Gasteiger partial charge in [0.05, 0.1) is 0 Å². The van der Waals surface area contributed by atoms with E-state index in [1.165, 1.54) is 0 Å². The molecular formula is C18H23ClN4O3. The third-order valence-corrected chi connectivity index (χ3v) is 4.41. The maximum atomic E-state index is 12.7. The number of piperidine rings is 1. The van der Waals surface area contributed by atoms with E-state index in [1.807, 2.05) is 19.1 Å². The highest BCUT2D eigenvalue weighted by Crippen LogP contribution is 2.28. The summed E-state index contributed by atoms with van der Waals surface area (Å²) in [6, 6.07) is 7.44. The van der Waals surface area contributed by atoms with E-state index in [0.29, 0.717) is 18.6 Å². The Balaban J connectivity index is 0.00000243. The van der Waals surface area contributed by atoms with Gasteiger partial charge in [-0.15, -0.1) is 12.4 Å². The van der Waals surface area contributed by atoms with Crippen LogP contribution in [0, 0.1) is 6.92 Å². The van der Waals surface area contributed by atoms with Crippen LogP contribution in [-0.2, 0) is 9.53 Å². The summed E-state index contributed by atoms with van der Waals surface area (Å²) in [6.07, 6.45) is 4.54. The Labute approximate surface area is 158 Å². The zero-order valence-corrected chi connectivity index (χ0v) is 15.6. The van der Waals surface area contributed by atoms with Crippen molar-refractivity contribution in [2.24, 2.45) is 0 Å². The van der Waals surface area contributed by atoms with Crippen molar-refractivity contribution >= 4 is 24.0 Å². The monoisotopic (exact) mass is 378 g/mol. The molecule has 1 aliphatic rings. The number of aromatic nitrogens is 2. The molecule has 0 bridgehead atoms. The number of carbonyl (C=O) groups excluding carboxylic acids is 1. The third-order valence-electron chi connectivity index (χ3n) is 4.41. The molecule has 26 heavy (non-hydrogen) atoms. The molecule has 0 saturated carbocycles. The number of carbonyl (C=O) groups is 1. The van der Waals surface area contributed by atoms with E-state index >= 15 is 0 Å². The number of amides is 1. The largest absolute Gasteiger partial charge is 0.424 e. The van der Waals surface area contributed by atoms with E-state index in [-0.39, 0.29) is 24.3 Å². The lowest BCUT2D eigenvalue weighted by Crippen LogP contribution is -2.51. The molecular weight excluding hydrogens is 356 g/mol. The average Bonchev–Trinajstić information content (AvgIpc) is 2.65. The van der Waals surface area contributed by atoms with Gasteiger partial charge in [-0.2, -0.15) is 0 Å². The minimum atomic E-state index is -0.773. The molecule has 2 N–H and O–H groups in total.